The van der Waals surface area contributed by atoms with Gasteiger partial charge >= 0.3 is 12.1 Å². The highest BCUT2D eigenvalue weighted by molar-refractivity contribution is 5.76. The molecule has 0 saturated carbocycles. The summed E-state index contributed by atoms with van der Waals surface area (Å²) < 4.78 is 10.5. The van der Waals surface area contributed by atoms with Crippen LogP contribution < -0.4 is 5.73 Å². The molecule has 8 heteroatoms. The number of hydrogen-bond acceptors (Lipinski definition) is 7. The first-order valence-corrected chi connectivity index (χ1v) is 8.42. The van der Waals surface area contributed by atoms with E-state index in [1.165, 1.54) is 0 Å². The van der Waals surface area contributed by atoms with Gasteiger partial charge in [-0.3, -0.25) is 19.7 Å². The first kappa shape index (κ1) is 19.1. The third-order valence-electron chi connectivity index (χ3n) is 3.79. The van der Waals surface area contributed by atoms with Crippen LogP contribution in [-0.4, -0.2) is 51.2 Å². The number of nitrogens with zero attached hydrogens (tertiary/aromatic N) is 3. The van der Waals surface area contributed by atoms with Gasteiger partial charge in [0.15, 0.2) is 0 Å². The molecule has 0 saturated heterocycles. The van der Waals surface area contributed by atoms with Crippen LogP contribution in [0.4, 0.5) is 4.79 Å². The van der Waals surface area contributed by atoms with Crippen molar-refractivity contribution in [2.24, 2.45) is 5.73 Å². The van der Waals surface area contributed by atoms with Crippen LogP contribution in [0.3, 0.4) is 0 Å². The van der Waals surface area contributed by atoms with Crippen LogP contribution in [0.1, 0.15) is 45.5 Å². The van der Waals surface area contributed by atoms with Crippen molar-refractivity contribution >= 4 is 12.1 Å². The Hall–Kier alpha value is -2.22. The van der Waals surface area contributed by atoms with E-state index in [9.17, 15) is 9.59 Å². The van der Waals surface area contributed by atoms with Crippen molar-refractivity contribution in [2.75, 3.05) is 6.61 Å². The van der Waals surface area contributed by atoms with Gasteiger partial charge in [-0.1, -0.05) is 0 Å². The van der Waals surface area contributed by atoms with Crippen LogP contribution in [0.5, 0.6) is 0 Å². The number of aromatic nitrogens is 2. The Balaban J connectivity index is 2.20. The summed E-state index contributed by atoms with van der Waals surface area (Å²) >= 11 is 0. The maximum atomic E-state index is 12.6. The van der Waals surface area contributed by atoms with Gasteiger partial charge < -0.3 is 15.2 Å². The first-order chi connectivity index (χ1) is 11.7. The van der Waals surface area contributed by atoms with Crippen molar-refractivity contribution in [2.45, 2.75) is 64.8 Å². The molecule has 2 unspecified atom stereocenters. The minimum absolute atomic E-state index is 0.265. The van der Waals surface area contributed by atoms with E-state index >= 15 is 0 Å². The summed E-state index contributed by atoms with van der Waals surface area (Å²) in [6.45, 7) is 7.69. The van der Waals surface area contributed by atoms with Crippen LogP contribution in [0.15, 0.2) is 12.4 Å². The van der Waals surface area contributed by atoms with Gasteiger partial charge in [0.05, 0.1) is 24.5 Å². The van der Waals surface area contributed by atoms with E-state index in [-0.39, 0.29) is 25.6 Å². The second-order valence-electron chi connectivity index (χ2n) is 7.01. The average Bonchev–Trinajstić information content (AvgIpc) is 2.52. The Bertz CT molecular complexity index is 629. The lowest BCUT2D eigenvalue weighted by Gasteiger charge is -2.37. The molecule has 0 aliphatic carbocycles. The molecule has 2 N–H and O–H groups in total. The molecule has 2 heterocycles. The highest BCUT2D eigenvalue weighted by Gasteiger charge is 2.36. The van der Waals surface area contributed by atoms with Crippen molar-refractivity contribution in [3.05, 3.63) is 23.8 Å². The number of esters is 1. The molecule has 25 heavy (non-hydrogen) atoms. The maximum absolute atomic E-state index is 12.6. The van der Waals surface area contributed by atoms with Crippen molar-refractivity contribution < 1.29 is 19.1 Å². The molecule has 2 rings (SSSR count). The van der Waals surface area contributed by atoms with Gasteiger partial charge in [-0.25, -0.2) is 4.79 Å². The van der Waals surface area contributed by atoms with E-state index in [4.69, 9.17) is 15.2 Å². The average molecular weight is 350 g/mol. The van der Waals surface area contributed by atoms with Gasteiger partial charge in [0.25, 0.3) is 0 Å². The molecular formula is C17H26N4O4. The minimum atomic E-state index is -0.812. The van der Waals surface area contributed by atoms with Crippen LogP contribution in [0.2, 0.25) is 0 Å². The summed E-state index contributed by atoms with van der Waals surface area (Å²) in [4.78, 5) is 34.7. The molecule has 138 valence electrons. The number of amides is 1. The van der Waals surface area contributed by atoms with Crippen molar-refractivity contribution in [3.8, 4) is 0 Å². The number of carbonyl (C=O) groups is 2. The molecule has 1 aliphatic heterocycles. The topological polar surface area (TPSA) is 108 Å². The molecule has 1 amide bonds. The smallest absolute Gasteiger partial charge is 0.410 e. The fraction of sp³-hybridized carbons (Fsp3) is 0.647. The van der Waals surface area contributed by atoms with E-state index in [1.807, 2.05) is 20.8 Å². The molecule has 0 bridgehead atoms. The molecule has 0 aromatic carbocycles. The molecule has 2 atom stereocenters. The number of rotatable bonds is 4. The fourth-order valence-corrected chi connectivity index (χ4v) is 2.71. The Kier molecular flexibility index (Phi) is 5.94. The van der Waals surface area contributed by atoms with Gasteiger partial charge in [-0.05, 0) is 34.1 Å². The summed E-state index contributed by atoms with van der Waals surface area (Å²) in [6, 6.07) is -1.12. The van der Waals surface area contributed by atoms with E-state index in [0.717, 1.165) is 11.4 Å². The second-order valence-corrected chi connectivity index (χ2v) is 7.01. The van der Waals surface area contributed by atoms with Crippen molar-refractivity contribution in [1.82, 2.24) is 14.9 Å². The zero-order chi connectivity index (χ0) is 18.6. The van der Waals surface area contributed by atoms with Crippen LogP contribution in [-0.2, 0) is 27.2 Å². The highest BCUT2D eigenvalue weighted by atomic mass is 16.6. The van der Waals surface area contributed by atoms with Crippen molar-refractivity contribution in [3.63, 3.8) is 0 Å². The predicted octanol–water partition coefficient (Wildman–Crippen LogP) is 1.42. The summed E-state index contributed by atoms with van der Waals surface area (Å²) in [5, 5.41) is 0. The molecule has 0 fully saturated rings. The highest BCUT2D eigenvalue weighted by Crippen LogP contribution is 2.25. The minimum Gasteiger partial charge on any atom is -0.465 e. The van der Waals surface area contributed by atoms with Crippen molar-refractivity contribution in [1.29, 1.82) is 0 Å². The summed E-state index contributed by atoms with van der Waals surface area (Å²) in [5.41, 5.74) is 6.88. The maximum Gasteiger partial charge on any atom is 0.410 e. The van der Waals surface area contributed by atoms with Crippen LogP contribution in [0.25, 0.3) is 0 Å². The third-order valence-corrected chi connectivity index (χ3v) is 3.79. The molecule has 0 spiro atoms. The molecule has 8 nitrogen and oxygen atoms in total. The summed E-state index contributed by atoms with van der Waals surface area (Å²) in [5.74, 6) is -0.475. The Labute approximate surface area is 147 Å². The Morgan fingerprint density at radius 2 is 1.96 bits per heavy atom. The van der Waals surface area contributed by atoms with E-state index in [0.29, 0.717) is 6.42 Å². The SMILES string of the molecule is CCOC(=O)C(N)CC1Cc2nccnc2CN1C(=O)OC(C)(C)C. The number of fused-ring (bicyclic) bond motifs is 1. The number of carbonyl (C=O) groups excluding carboxylic acids is 2. The van der Waals surface area contributed by atoms with Crippen LogP contribution >= 0.6 is 0 Å². The summed E-state index contributed by atoms with van der Waals surface area (Å²) in [6.07, 6.45) is 3.50. The van der Waals surface area contributed by atoms with E-state index in [2.05, 4.69) is 9.97 Å². The number of ether oxygens (including phenoxy) is 2. The fourth-order valence-electron chi connectivity index (χ4n) is 2.71. The molecular weight excluding hydrogens is 324 g/mol. The lowest BCUT2D eigenvalue weighted by molar-refractivity contribution is -0.145. The van der Waals surface area contributed by atoms with Crippen LogP contribution in [0, 0.1) is 0 Å². The quantitative estimate of drug-likeness (QED) is 0.818. The Morgan fingerprint density at radius 3 is 2.56 bits per heavy atom. The first-order valence-electron chi connectivity index (χ1n) is 8.42. The van der Waals surface area contributed by atoms with Gasteiger partial charge in [0, 0.05) is 24.9 Å². The second kappa shape index (κ2) is 7.77. The van der Waals surface area contributed by atoms with E-state index < -0.39 is 23.7 Å². The standard InChI is InChI=1S/C17H26N4O4/c1-5-24-15(22)12(18)8-11-9-13-14(20-7-6-19-13)10-21(11)16(23)25-17(2,3)4/h6-7,11-12H,5,8-10,18H2,1-4H3. The molecule has 1 aromatic heterocycles. The Morgan fingerprint density at radius 1 is 1.32 bits per heavy atom. The van der Waals surface area contributed by atoms with Gasteiger partial charge in [0.2, 0.25) is 0 Å². The zero-order valence-corrected chi connectivity index (χ0v) is 15.2. The van der Waals surface area contributed by atoms with Gasteiger partial charge in [0.1, 0.15) is 11.6 Å². The van der Waals surface area contributed by atoms with Gasteiger partial charge in [-0.15, -0.1) is 0 Å². The lowest BCUT2D eigenvalue weighted by atomic mass is 9.96. The number of hydrogen-bond donors (Lipinski definition) is 1. The largest absolute Gasteiger partial charge is 0.465 e. The number of nitrogens with two attached hydrogens (primary N) is 1. The zero-order valence-electron chi connectivity index (χ0n) is 15.2. The third kappa shape index (κ3) is 5.12. The van der Waals surface area contributed by atoms with Gasteiger partial charge in [-0.2, -0.15) is 0 Å². The monoisotopic (exact) mass is 350 g/mol. The molecule has 0 radical (unpaired) electrons. The predicted molar refractivity (Wildman–Crippen MR) is 90.5 cm³/mol. The normalized spacial score (nSPS) is 18.3. The molecule has 1 aromatic rings. The molecule has 1 aliphatic rings. The summed E-state index contributed by atoms with van der Waals surface area (Å²) in [7, 11) is 0. The van der Waals surface area contributed by atoms with E-state index in [1.54, 1.807) is 24.2 Å². The lowest BCUT2D eigenvalue weighted by Crippen LogP contribution is -2.50.